The number of benzene rings is 2. The Morgan fingerprint density at radius 3 is 2.66 bits per heavy atom. The molecule has 2 heterocycles. The quantitative estimate of drug-likeness (QED) is 0.343. The second-order valence-corrected chi connectivity index (χ2v) is 8.86. The van der Waals surface area contributed by atoms with Gasteiger partial charge in [0.1, 0.15) is 5.82 Å². The van der Waals surface area contributed by atoms with Crippen LogP contribution >= 0.6 is 35.0 Å². The van der Waals surface area contributed by atoms with Crippen molar-refractivity contribution in [3.05, 3.63) is 82.9 Å². The second-order valence-electron chi connectivity index (χ2n) is 6.74. The van der Waals surface area contributed by atoms with Gasteiger partial charge in [0.15, 0.2) is 11.0 Å². The summed E-state index contributed by atoms with van der Waals surface area (Å²) in [5.74, 6) is -0.187. The van der Waals surface area contributed by atoms with Crippen LogP contribution in [0.5, 0.6) is 0 Å². The first-order chi connectivity index (χ1) is 15.4. The molecule has 0 fully saturated rings. The van der Waals surface area contributed by atoms with E-state index in [2.05, 4.69) is 20.5 Å². The van der Waals surface area contributed by atoms with Crippen molar-refractivity contribution >= 4 is 46.6 Å². The fraction of sp³-hybridized carbons (Fsp3) is 0.0909. The number of nitrogens with zero attached hydrogens (tertiary/aromatic N) is 4. The summed E-state index contributed by atoms with van der Waals surface area (Å²) in [6.45, 7) is 1.73. The highest BCUT2D eigenvalue weighted by molar-refractivity contribution is 8.00. The van der Waals surface area contributed by atoms with E-state index in [1.165, 1.54) is 30.0 Å². The van der Waals surface area contributed by atoms with Crippen molar-refractivity contribution in [1.82, 2.24) is 19.7 Å². The zero-order valence-electron chi connectivity index (χ0n) is 16.7. The molecule has 0 radical (unpaired) electrons. The molecule has 4 rings (SSSR count). The monoisotopic (exact) mass is 487 g/mol. The molecule has 162 valence electrons. The molecule has 0 bridgehead atoms. The van der Waals surface area contributed by atoms with E-state index < -0.39 is 11.1 Å². The molecular weight excluding hydrogens is 472 g/mol. The minimum Gasteiger partial charge on any atom is -0.325 e. The van der Waals surface area contributed by atoms with Crippen LogP contribution in [0.2, 0.25) is 10.0 Å². The van der Waals surface area contributed by atoms with Crippen LogP contribution in [0.3, 0.4) is 0 Å². The number of carbonyl (C=O) groups is 1. The Morgan fingerprint density at radius 1 is 1.09 bits per heavy atom. The predicted molar refractivity (Wildman–Crippen MR) is 125 cm³/mol. The van der Waals surface area contributed by atoms with Crippen LogP contribution in [0.4, 0.5) is 10.1 Å². The molecule has 0 aliphatic heterocycles. The average molecular weight is 488 g/mol. The van der Waals surface area contributed by atoms with Gasteiger partial charge in [0.05, 0.1) is 21.0 Å². The van der Waals surface area contributed by atoms with E-state index in [0.29, 0.717) is 32.4 Å². The van der Waals surface area contributed by atoms with Crippen molar-refractivity contribution < 1.29 is 9.18 Å². The number of aromatic nitrogens is 4. The SMILES string of the molecule is CC(Sc1nnc(-c2cccnc2)n1-c1ccc(Cl)c(Cl)c1)C(=O)Nc1cccc(F)c1. The highest BCUT2D eigenvalue weighted by atomic mass is 35.5. The zero-order valence-corrected chi connectivity index (χ0v) is 19.0. The molecule has 0 aliphatic rings. The number of nitrogens with one attached hydrogen (secondary N) is 1. The highest BCUT2D eigenvalue weighted by Gasteiger charge is 2.22. The van der Waals surface area contributed by atoms with Gasteiger partial charge in [0.25, 0.3) is 0 Å². The molecule has 1 atom stereocenters. The van der Waals surface area contributed by atoms with Gasteiger partial charge in [-0.2, -0.15) is 0 Å². The molecule has 2 aromatic heterocycles. The fourth-order valence-corrected chi connectivity index (χ4v) is 4.07. The van der Waals surface area contributed by atoms with Crippen LogP contribution in [-0.4, -0.2) is 30.9 Å². The molecule has 4 aromatic rings. The number of carbonyl (C=O) groups excluding carboxylic acids is 1. The summed E-state index contributed by atoms with van der Waals surface area (Å²) in [5, 5.41) is 12.0. The maximum absolute atomic E-state index is 13.4. The van der Waals surface area contributed by atoms with Crippen molar-refractivity contribution in [2.45, 2.75) is 17.3 Å². The van der Waals surface area contributed by atoms with Gasteiger partial charge in [-0.15, -0.1) is 10.2 Å². The summed E-state index contributed by atoms with van der Waals surface area (Å²) in [6, 6.07) is 14.6. The molecule has 6 nitrogen and oxygen atoms in total. The smallest absolute Gasteiger partial charge is 0.237 e. The predicted octanol–water partition coefficient (Wildman–Crippen LogP) is 5.89. The Labute approximate surface area is 197 Å². The Hall–Kier alpha value is -2.94. The second kappa shape index (κ2) is 9.68. The number of pyridine rings is 1. The fourth-order valence-electron chi connectivity index (χ4n) is 2.91. The summed E-state index contributed by atoms with van der Waals surface area (Å²) < 4.78 is 15.2. The topological polar surface area (TPSA) is 72.7 Å². The molecule has 0 saturated carbocycles. The van der Waals surface area contributed by atoms with Crippen molar-refractivity contribution in [2.24, 2.45) is 0 Å². The normalized spacial score (nSPS) is 11.9. The molecular formula is C22H16Cl2FN5OS. The summed E-state index contributed by atoms with van der Waals surface area (Å²) >= 11 is 13.5. The lowest BCUT2D eigenvalue weighted by atomic mass is 10.2. The van der Waals surface area contributed by atoms with Gasteiger partial charge in [-0.1, -0.05) is 41.0 Å². The molecule has 1 N–H and O–H groups in total. The summed E-state index contributed by atoms with van der Waals surface area (Å²) in [7, 11) is 0. The lowest BCUT2D eigenvalue weighted by Crippen LogP contribution is -2.23. The molecule has 1 unspecified atom stereocenters. The van der Waals surface area contributed by atoms with Gasteiger partial charge < -0.3 is 5.32 Å². The van der Waals surface area contributed by atoms with Crippen LogP contribution < -0.4 is 5.32 Å². The number of rotatable bonds is 6. The van der Waals surface area contributed by atoms with Gasteiger partial charge in [-0.3, -0.25) is 14.3 Å². The molecule has 0 spiro atoms. The van der Waals surface area contributed by atoms with Gasteiger partial charge >= 0.3 is 0 Å². The number of halogens is 3. The molecule has 32 heavy (non-hydrogen) atoms. The van der Waals surface area contributed by atoms with Gasteiger partial charge in [-0.05, 0) is 55.5 Å². The van der Waals surface area contributed by atoms with Crippen LogP contribution in [0.15, 0.2) is 72.1 Å². The van der Waals surface area contributed by atoms with E-state index in [1.54, 1.807) is 54.2 Å². The summed E-state index contributed by atoms with van der Waals surface area (Å²) in [5.41, 5.74) is 1.81. The van der Waals surface area contributed by atoms with E-state index in [1.807, 2.05) is 6.07 Å². The van der Waals surface area contributed by atoms with E-state index in [-0.39, 0.29) is 5.91 Å². The Balaban J connectivity index is 1.67. The largest absolute Gasteiger partial charge is 0.325 e. The lowest BCUT2D eigenvalue weighted by Gasteiger charge is -2.14. The molecule has 2 aromatic carbocycles. The minimum absolute atomic E-state index is 0.299. The summed E-state index contributed by atoms with van der Waals surface area (Å²) in [4.78, 5) is 16.8. The number of hydrogen-bond donors (Lipinski definition) is 1. The van der Waals surface area contributed by atoms with Crippen molar-refractivity contribution in [1.29, 1.82) is 0 Å². The summed E-state index contributed by atoms with van der Waals surface area (Å²) in [6.07, 6.45) is 3.34. The Morgan fingerprint density at radius 2 is 1.94 bits per heavy atom. The Bertz CT molecular complexity index is 1270. The molecule has 10 heteroatoms. The van der Waals surface area contributed by atoms with Crippen LogP contribution in [0.25, 0.3) is 17.1 Å². The van der Waals surface area contributed by atoms with Crippen LogP contribution in [0.1, 0.15) is 6.92 Å². The number of hydrogen-bond acceptors (Lipinski definition) is 5. The van der Waals surface area contributed by atoms with E-state index in [4.69, 9.17) is 23.2 Å². The lowest BCUT2D eigenvalue weighted by molar-refractivity contribution is -0.115. The number of anilines is 1. The van der Waals surface area contributed by atoms with Crippen molar-refractivity contribution in [3.8, 4) is 17.1 Å². The highest BCUT2D eigenvalue weighted by Crippen LogP contribution is 2.32. The maximum Gasteiger partial charge on any atom is 0.237 e. The maximum atomic E-state index is 13.4. The average Bonchev–Trinajstić information content (AvgIpc) is 3.19. The van der Waals surface area contributed by atoms with E-state index >= 15 is 0 Å². The third-order valence-corrected chi connectivity index (χ3v) is 6.24. The zero-order chi connectivity index (χ0) is 22.7. The van der Waals surface area contributed by atoms with Crippen LogP contribution in [-0.2, 0) is 4.79 Å². The molecule has 0 aliphatic carbocycles. The first kappa shape index (κ1) is 22.3. The Kier molecular flexibility index (Phi) is 6.74. The van der Waals surface area contributed by atoms with Gasteiger partial charge in [0, 0.05) is 23.6 Å². The minimum atomic E-state index is -0.550. The third-order valence-electron chi connectivity index (χ3n) is 4.46. The van der Waals surface area contributed by atoms with Gasteiger partial charge in [-0.25, -0.2) is 4.39 Å². The van der Waals surface area contributed by atoms with Crippen molar-refractivity contribution in [3.63, 3.8) is 0 Å². The van der Waals surface area contributed by atoms with Gasteiger partial charge in [0.2, 0.25) is 5.91 Å². The molecule has 1 amide bonds. The van der Waals surface area contributed by atoms with E-state index in [0.717, 1.165) is 5.56 Å². The van der Waals surface area contributed by atoms with Crippen molar-refractivity contribution in [2.75, 3.05) is 5.32 Å². The van der Waals surface area contributed by atoms with Crippen LogP contribution in [0, 0.1) is 5.82 Å². The van der Waals surface area contributed by atoms with E-state index in [9.17, 15) is 9.18 Å². The number of amides is 1. The molecule has 0 saturated heterocycles. The standard InChI is InChI=1S/C22H16Cl2FN5OS/c1-13(21(31)27-16-6-2-5-15(25)10-16)32-22-29-28-20(14-4-3-9-26-12-14)30(22)17-7-8-18(23)19(24)11-17/h2-13H,1H3,(H,27,31). The first-order valence-corrected chi connectivity index (χ1v) is 11.1. The first-order valence-electron chi connectivity index (χ1n) is 9.46. The number of thioether (sulfide) groups is 1. The third kappa shape index (κ3) is 4.93.